The van der Waals surface area contributed by atoms with Crippen molar-refractivity contribution >= 4 is 27.3 Å². The second kappa shape index (κ2) is 10.9. The maximum Gasteiger partial charge on any atom is 0.264 e. The van der Waals surface area contributed by atoms with Crippen LogP contribution in [0.2, 0.25) is 0 Å². The Morgan fingerprint density at radius 1 is 0.914 bits per heavy atom. The molecule has 184 valence electrons. The second-order valence-electron chi connectivity index (χ2n) is 9.48. The van der Waals surface area contributed by atoms with Gasteiger partial charge in [-0.3, -0.25) is 9.10 Å². The van der Waals surface area contributed by atoms with E-state index in [2.05, 4.69) is 36.5 Å². The van der Waals surface area contributed by atoms with E-state index in [9.17, 15) is 13.2 Å². The van der Waals surface area contributed by atoms with Crippen LogP contribution in [0.3, 0.4) is 0 Å². The van der Waals surface area contributed by atoms with E-state index in [1.54, 1.807) is 30.3 Å². The summed E-state index contributed by atoms with van der Waals surface area (Å²) in [5.74, 6) is -0.513. The van der Waals surface area contributed by atoms with Crippen molar-refractivity contribution in [1.82, 2.24) is 5.43 Å². The highest BCUT2D eigenvalue weighted by atomic mass is 32.2. The molecular formula is C28H33N3O3S. The topological polar surface area (TPSA) is 78.8 Å². The lowest BCUT2D eigenvalue weighted by Crippen LogP contribution is -2.40. The molecular weight excluding hydrogens is 458 g/mol. The van der Waals surface area contributed by atoms with Crippen molar-refractivity contribution in [2.45, 2.75) is 51.3 Å². The van der Waals surface area contributed by atoms with E-state index in [1.165, 1.54) is 17.7 Å². The molecule has 1 N–H and O–H groups in total. The third-order valence-corrected chi connectivity index (χ3v) is 7.53. The van der Waals surface area contributed by atoms with Gasteiger partial charge in [0.2, 0.25) is 0 Å². The summed E-state index contributed by atoms with van der Waals surface area (Å²) in [5, 5.41) is 4.27. The largest absolute Gasteiger partial charge is 0.271 e. The van der Waals surface area contributed by atoms with Crippen molar-refractivity contribution < 1.29 is 13.2 Å². The van der Waals surface area contributed by atoms with Crippen LogP contribution in [0.4, 0.5) is 5.69 Å². The normalized spacial score (nSPS) is 12.3. The Kier molecular flexibility index (Phi) is 8.12. The molecule has 3 rings (SSSR count). The van der Waals surface area contributed by atoms with E-state index in [4.69, 9.17) is 0 Å². The Morgan fingerprint density at radius 2 is 1.46 bits per heavy atom. The molecule has 3 aromatic carbocycles. The minimum Gasteiger partial charge on any atom is -0.271 e. The lowest BCUT2D eigenvalue weighted by Gasteiger charge is -2.25. The first-order chi connectivity index (χ1) is 16.5. The van der Waals surface area contributed by atoms with Gasteiger partial charge in [0.1, 0.15) is 6.54 Å². The number of hydrazone groups is 1. The molecule has 0 heterocycles. The van der Waals surface area contributed by atoms with Gasteiger partial charge in [0, 0.05) is 5.71 Å². The highest BCUT2D eigenvalue weighted by molar-refractivity contribution is 7.92. The molecule has 3 aromatic rings. The predicted octanol–water partition coefficient (Wildman–Crippen LogP) is 5.36. The van der Waals surface area contributed by atoms with Crippen molar-refractivity contribution in [3.63, 3.8) is 0 Å². The lowest BCUT2D eigenvalue weighted by atomic mass is 9.80. The van der Waals surface area contributed by atoms with Gasteiger partial charge in [-0.15, -0.1) is 0 Å². The predicted molar refractivity (Wildman–Crippen MR) is 142 cm³/mol. The Labute approximate surface area is 208 Å². The van der Waals surface area contributed by atoms with E-state index in [0.717, 1.165) is 21.1 Å². The minimum atomic E-state index is -3.96. The van der Waals surface area contributed by atoms with E-state index in [1.807, 2.05) is 45.0 Å². The van der Waals surface area contributed by atoms with Crippen LogP contribution < -0.4 is 9.73 Å². The Morgan fingerprint density at radius 3 is 2.03 bits per heavy atom. The standard InChI is InChI=1S/C28H33N3O3S/c1-21-16-22(2)18-25(17-21)31(35(33,34)26-14-10-7-11-15-26)20-27(32)30-29-23(3)19-28(4,5)24-12-8-6-9-13-24/h6-18H,19-20H2,1-5H3,(H,30,32)/b29-23-. The number of aryl methyl sites for hydroxylation is 2. The van der Waals surface area contributed by atoms with Crippen LogP contribution in [0.25, 0.3) is 0 Å². The molecule has 0 aromatic heterocycles. The number of nitrogens with zero attached hydrogens (tertiary/aromatic N) is 2. The molecule has 0 bridgehead atoms. The summed E-state index contributed by atoms with van der Waals surface area (Å²) in [7, 11) is -3.96. The average Bonchev–Trinajstić information content (AvgIpc) is 2.81. The molecule has 0 aliphatic carbocycles. The molecule has 0 aliphatic rings. The van der Waals surface area contributed by atoms with Gasteiger partial charge < -0.3 is 0 Å². The van der Waals surface area contributed by atoms with Gasteiger partial charge in [-0.2, -0.15) is 5.10 Å². The summed E-state index contributed by atoms with van der Waals surface area (Å²) < 4.78 is 28.1. The number of hydrogen-bond donors (Lipinski definition) is 1. The van der Waals surface area contributed by atoms with Gasteiger partial charge >= 0.3 is 0 Å². The highest BCUT2D eigenvalue weighted by Gasteiger charge is 2.27. The van der Waals surface area contributed by atoms with Gasteiger partial charge in [0.25, 0.3) is 15.9 Å². The van der Waals surface area contributed by atoms with E-state index < -0.39 is 15.9 Å². The Hall–Kier alpha value is -3.45. The molecule has 0 spiro atoms. The van der Waals surface area contributed by atoms with Crippen LogP contribution in [0, 0.1) is 13.8 Å². The first kappa shape index (κ1) is 26.2. The number of rotatable bonds is 9. The molecule has 0 saturated heterocycles. The SMILES string of the molecule is C/C(CC(C)(C)c1ccccc1)=N/NC(=O)CN(c1cc(C)cc(C)c1)S(=O)(=O)c1ccccc1. The summed E-state index contributed by atoms with van der Waals surface area (Å²) in [6.07, 6.45) is 0.639. The summed E-state index contributed by atoms with van der Waals surface area (Å²) in [6.45, 7) is 9.50. The van der Waals surface area contributed by atoms with Crippen LogP contribution in [0.15, 0.2) is 88.9 Å². The summed E-state index contributed by atoms with van der Waals surface area (Å²) in [5.41, 5.74) is 6.56. The summed E-state index contributed by atoms with van der Waals surface area (Å²) in [4.78, 5) is 13.0. The van der Waals surface area contributed by atoms with Gasteiger partial charge in [0.05, 0.1) is 10.6 Å². The summed E-state index contributed by atoms with van der Waals surface area (Å²) >= 11 is 0. The maximum atomic E-state index is 13.5. The third kappa shape index (κ3) is 6.79. The van der Waals surface area contributed by atoms with Crippen molar-refractivity contribution in [2.24, 2.45) is 5.10 Å². The number of sulfonamides is 1. The Bertz CT molecular complexity index is 1280. The van der Waals surface area contributed by atoms with Gasteiger partial charge in [-0.1, -0.05) is 68.4 Å². The maximum absolute atomic E-state index is 13.5. The highest BCUT2D eigenvalue weighted by Crippen LogP contribution is 2.28. The van der Waals surface area contributed by atoms with E-state index in [0.29, 0.717) is 12.1 Å². The molecule has 35 heavy (non-hydrogen) atoms. The number of anilines is 1. The van der Waals surface area contributed by atoms with Gasteiger partial charge in [0.15, 0.2) is 0 Å². The monoisotopic (exact) mass is 491 g/mol. The number of amides is 1. The quantitative estimate of drug-likeness (QED) is 0.323. The van der Waals surface area contributed by atoms with Crippen molar-refractivity contribution in [3.05, 3.63) is 95.6 Å². The number of benzene rings is 3. The fourth-order valence-electron chi connectivity index (χ4n) is 4.12. The Balaban J connectivity index is 1.82. The number of carbonyl (C=O) groups is 1. The minimum absolute atomic E-state index is 0.122. The molecule has 0 fully saturated rings. The molecule has 6 nitrogen and oxygen atoms in total. The number of carbonyl (C=O) groups excluding carboxylic acids is 1. The molecule has 7 heteroatoms. The second-order valence-corrected chi connectivity index (χ2v) is 11.3. The van der Waals surface area contributed by atoms with Crippen LogP contribution in [0.5, 0.6) is 0 Å². The molecule has 0 radical (unpaired) electrons. The number of hydrogen-bond acceptors (Lipinski definition) is 4. The van der Waals surface area contributed by atoms with Crippen molar-refractivity contribution in [3.8, 4) is 0 Å². The van der Waals surface area contributed by atoms with Crippen LogP contribution in [0.1, 0.15) is 43.9 Å². The smallest absolute Gasteiger partial charge is 0.264 e. The lowest BCUT2D eigenvalue weighted by molar-refractivity contribution is -0.119. The third-order valence-electron chi connectivity index (χ3n) is 5.74. The molecule has 0 saturated carbocycles. The van der Waals surface area contributed by atoms with Gasteiger partial charge in [-0.05, 0) is 73.6 Å². The zero-order valence-electron chi connectivity index (χ0n) is 20.9. The fourth-order valence-corrected chi connectivity index (χ4v) is 5.55. The first-order valence-corrected chi connectivity index (χ1v) is 13.0. The zero-order valence-corrected chi connectivity index (χ0v) is 21.8. The molecule has 0 unspecified atom stereocenters. The first-order valence-electron chi connectivity index (χ1n) is 11.5. The van der Waals surface area contributed by atoms with Crippen LogP contribution in [-0.2, 0) is 20.2 Å². The molecule has 1 amide bonds. The summed E-state index contributed by atoms with van der Waals surface area (Å²) in [6, 6.07) is 23.7. The average molecular weight is 492 g/mol. The molecule has 0 atom stereocenters. The zero-order chi connectivity index (χ0) is 25.6. The van der Waals surface area contributed by atoms with Crippen LogP contribution in [-0.4, -0.2) is 26.6 Å². The van der Waals surface area contributed by atoms with Gasteiger partial charge in [-0.25, -0.2) is 13.8 Å². The number of nitrogens with one attached hydrogen (secondary N) is 1. The van der Waals surface area contributed by atoms with E-state index >= 15 is 0 Å². The van der Waals surface area contributed by atoms with E-state index in [-0.39, 0.29) is 16.9 Å². The van der Waals surface area contributed by atoms with Crippen LogP contribution >= 0.6 is 0 Å². The van der Waals surface area contributed by atoms with Crippen molar-refractivity contribution in [1.29, 1.82) is 0 Å². The van der Waals surface area contributed by atoms with Crippen molar-refractivity contribution in [2.75, 3.05) is 10.8 Å². The molecule has 0 aliphatic heterocycles. The fraction of sp³-hybridized carbons (Fsp3) is 0.286.